The van der Waals surface area contributed by atoms with E-state index >= 15 is 0 Å². The number of hydrogen-bond donors (Lipinski definition) is 1. The number of amides is 1. The maximum Gasteiger partial charge on any atom is 0.295 e. The van der Waals surface area contributed by atoms with Crippen molar-refractivity contribution in [1.82, 2.24) is 9.80 Å². The maximum atomic E-state index is 13.5. The van der Waals surface area contributed by atoms with Gasteiger partial charge in [-0.3, -0.25) is 14.5 Å². The lowest BCUT2D eigenvalue weighted by Gasteiger charge is -2.29. The minimum atomic E-state index is -0.779. The van der Waals surface area contributed by atoms with Crippen molar-refractivity contribution in [2.45, 2.75) is 45.6 Å². The fraction of sp³-hybridized carbons (Fsp3) is 0.500. The fourth-order valence-electron chi connectivity index (χ4n) is 5.31. The number of benzene rings is 2. The third-order valence-corrected chi connectivity index (χ3v) is 7.44. The third-order valence-electron chi connectivity index (χ3n) is 7.44. The second-order valence-corrected chi connectivity index (χ2v) is 10.2. The fourth-order valence-corrected chi connectivity index (χ4v) is 5.31. The van der Waals surface area contributed by atoms with E-state index < -0.39 is 17.7 Å². The summed E-state index contributed by atoms with van der Waals surface area (Å²) in [6.45, 7) is 9.26. The number of carbonyl (C=O) groups excluding carboxylic acids is 2. The van der Waals surface area contributed by atoms with Gasteiger partial charge in [0.15, 0.2) is 11.5 Å². The minimum absolute atomic E-state index is 0.0497. The molecule has 1 atom stereocenters. The van der Waals surface area contributed by atoms with E-state index in [0.717, 1.165) is 38.9 Å². The highest BCUT2D eigenvalue weighted by Crippen LogP contribution is 2.42. The molecule has 2 aromatic rings. The average Bonchev–Trinajstić information content (AvgIpc) is 3.25. The van der Waals surface area contributed by atoms with Crippen molar-refractivity contribution in [2.24, 2.45) is 0 Å². The standard InChI is InChI=1S/C32H42N2O7/c1-4-6-7-18-41-26-13-12-23(22-27(26)38-3)29-28(30(35)24-10-8-11-25(21-24)40-5-2)31(36)32(37)34(29)15-9-14-33-16-19-39-20-17-33/h8,10-13,21-22,29,35H,4-7,9,14-20H2,1-3H3. The zero-order valence-electron chi connectivity index (χ0n) is 24.4. The molecule has 2 aromatic carbocycles. The average molecular weight is 567 g/mol. The number of methoxy groups -OCH3 is 1. The summed E-state index contributed by atoms with van der Waals surface area (Å²) in [4.78, 5) is 30.8. The molecule has 2 aliphatic rings. The summed E-state index contributed by atoms with van der Waals surface area (Å²) in [6.07, 6.45) is 3.78. The molecule has 1 N–H and O–H groups in total. The first-order valence-electron chi connectivity index (χ1n) is 14.6. The molecule has 1 amide bonds. The summed E-state index contributed by atoms with van der Waals surface area (Å²) in [5.41, 5.74) is 1.12. The molecular weight excluding hydrogens is 524 g/mol. The highest BCUT2D eigenvalue weighted by molar-refractivity contribution is 6.46. The lowest BCUT2D eigenvalue weighted by atomic mass is 9.95. The lowest BCUT2D eigenvalue weighted by Crippen LogP contribution is -2.39. The van der Waals surface area contributed by atoms with Gasteiger partial charge in [0.05, 0.1) is 45.2 Å². The quantitative estimate of drug-likeness (QED) is 0.151. The van der Waals surface area contributed by atoms with E-state index in [4.69, 9.17) is 18.9 Å². The van der Waals surface area contributed by atoms with E-state index in [1.807, 2.05) is 19.1 Å². The summed E-state index contributed by atoms with van der Waals surface area (Å²) in [5.74, 6) is 0.110. The lowest BCUT2D eigenvalue weighted by molar-refractivity contribution is -0.140. The highest BCUT2D eigenvalue weighted by atomic mass is 16.5. The van der Waals surface area contributed by atoms with Gasteiger partial charge < -0.3 is 29.0 Å². The molecule has 4 rings (SSSR count). The monoisotopic (exact) mass is 566 g/mol. The van der Waals surface area contributed by atoms with E-state index in [2.05, 4.69) is 11.8 Å². The van der Waals surface area contributed by atoms with Crippen LogP contribution in [0.4, 0.5) is 0 Å². The van der Waals surface area contributed by atoms with Crippen molar-refractivity contribution in [2.75, 3.05) is 59.7 Å². The van der Waals surface area contributed by atoms with Crippen molar-refractivity contribution < 1.29 is 33.6 Å². The summed E-state index contributed by atoms with van der Waals surface area (Å²) < 4.78 is 22.7. The summed E-state index contributed by atoms with van der Waals surface area (Å²) >= 11 is 0. The molecule has 2 aliphatic heterocycles. The minimum Gasteiger partial charge on any atom is -0.507 e. The van der Waals surface area contributed by atoms with E-state index in [1.54, 1.807) is 42.3 Å². The molecule has 222 valence electrons. The van der Waals surface area contributed by atoms with Gasteiger partial charge in [-0.2, -0.15) is 0 Å². The Balaban J connectivity index is 1.69. The van der Waals surface area contributed by atoms with E-state index in [1.165, 1.54) is 0 Å². The number of aliphatic hydroxyl groups is 1. The molecule has 0 aliphatic carbocycles. The predicted octanol–water partition coefficient (Wildman–Crippen LogP) is 4.81. The van der Waals surface area contributed by atoms with Gasteiger partial charge >= 0.3 is 0 Å². The molecule has 9 nitrogen and oxygen atoms in total. The molecule has 2 saturated heterocycles. The normalized spacial score (nSPS) is 19.0. The molecule has 2 fully saturated rings. The SMILES string of the molecule is CCCCCOc1ccc(C2C(=C(O)c3cccc(OCC)c3)C(=O)C(=O)N2CCCN2CCOCC2)cc1OC. The first-order chi connectivity index (χ1) is 20.0. The summed E-state index contributed by atoms with van der Waals surface area (Å²) in [6, 6.07) is 11.6. The van der Waals surface area contributed by atoms with E-state index in [-0.39, 0.29) is 11.3 Å². The van der Waals surface area contributed by atoms with Gasteiger partial charge in [-0.25, -0.2) is 0 Å². The molecule has 0 aromatic heterocycles. The Kier molecular flexibility index (Phi) is 11.0. The molecule has 9 heteroatoms. The van der Waals surface area contributed by atoms with Crippen molar-refractivity contribution in [1.29, 1.82) is 0 Å². The summed E-state index contributed by atoms with van der Waals surface area (Å²) in [7, 11) is 1.57. The van der Waals surface area contributed by atoms with Gasteiger partial charge in [0, 0.05) is 31.7 Å². The molecule has 0 bridgehead atoms. The van der Waals surface area contributed by atoms with Crippen LogP contribution in [0, 0.1) is 0 Å². The van der Waals surface area contributed by atoms with Gasteiger partial charge in [-0.05, 0) is 49.6 Å². The van der Waals surface area contributed by atoms with Gasteiger partial charge in [0.1, 0.15) is 11.5 Å². The number of aliphatic hydroxyl groups excluding tert-OH is 1. The second-order valence-electron chi connectivity index (χ2n) is 10.2. The predicted molar refractivity (Wildman–Crippen MR) is 157 cm³/mol. The Morgan fingerprint density at radius 1 is 0.976 bits per heavy atom. The highest BCUT2D eigenvalue weighted by Gasteiger charge is 2.46. The van der Waals surface area contributed by atoms with Crippen LogP contribution < -0.4 is 14.2 Å². The Labute approximate surface area is 242 Å². The molecule has 0 radical (unpaired) electrons. The number of ketones is 1. The van der Waals surface area contributed by atoms with Crippen molar-refractivity contribution in [3.63, 3.8) is 0 Å². The number of unbranched alkanes of at least 4 members (excludes halogenated alkanes) is 2. The van der Waals surface area contributed by atoms with Gasteiger partial charge in [0.2, 0.25) is 0 Å². The molecular formula is C32H42N2O7. The van der Waals surface area contributed by atoms with E-state index in [0.29, 0.717) is 67.8 Å². The van der Waals surface area contributed by atoms with Crippen LogP contribution in [0.5, 0.6) is 17.2 Å². The number of nitrogens with zero attached hydrogens (tertiary/aromatic N) is 2. The Hall–Kier alpha value is -3.56. The maximum absolute atomic E-state index is 13.5. The number of rotatable bonds is 14. The van der Waals surface area contributed by atoms with Crippen LogP contribution >= 0.6 is 0 Å². The first kappa shape index (κ1) is 30.4. The Morgan fingerprint density at radius 3 is 2.51 bits per heavy atom. The molecule has 0 spiro atoms. The first-order valence-corrected chi connectivity index (χ1v) is 14.6. The smallest absolute Gasteiger partial charge is 0.295 e. The van der Waals surface area contributed by atoms with Crippen LogP contribution in [0.1, 0.15) is 56.7 Å². The van der Waals surface area contributed by atoms with Crippen molar-refractivity contribution >= 4 is 17.4 Å². The topological polar surface area (TPSA) is 97.8 Å². The molecule has 41 heavy (non-hydrogen) atoms. The number of likely N-dealkylation sites (tertiary alicyclic amines) is 1. The second kappa shape index (κ2) is 14.9. The molecule has 2 heterocycles. The van der Waals surface area contributed by atoms with Crippen molar-refractivity contribution in [3.8, 4) is 17.2 Å². The van der Waals surface area contributed by atoms with Crippen LogP contribution in [0.15, 0.2) is 48.0 Å². The largest absolute Gasteiger partial charge is 0.507 e. The van der Waals surface area contributed by atoms with Crippen LogP contribution in [0.3, 0.4) is 0 Å². The number of ether oxygens (including phenoxy) is 4. The Morgan fingerprint density at radius 2 is 1.78 bits per heavy atom. The van der Waals surface area contributed by atoms with Gasteiger partial charge in [0.25, 0.3) is 11.7 Å². The number of Topliss-reactive ketones (excluding diaryl/α,β-unsaturated/α-hetero) is 1. The zero-order valence-corrected chi connectivity index (χ0v) is 24.4. The number of hydrogen-bond acceptors (Lipinski definition) is 8. The zero-order chi connectivity index (χ0) is 29.2. The van der Waals surface area contributed by atoms with E-state index in [9.17, 15) is 14.7 Å². The van der Waals surface area contributed by atoms with Gasteiger partial charge in [-0.1, -0.05) is 38.0 Å². The van der Waals surface area contributed by atoms with Crippen LogP contribution in [-0.4, -0.2) is 86.3 Å². The van der Waals surface area contributed by atoms with Gasteiger partial charge in [-0.15, -0.1) is 0 Å². The van der Waals surface area contributed by atoms with Crippen LogP contribution in [0.25, 0.3) is 5.76 Å². The molecule has 1 unspecified atom stereocenters. The number of carbonyl (C=O) groups is 2. The van der Waals surface area contributed by atoms with Crippen LogP contribution in [-0.2, 0) is 14.3 Å². The summed E-state index contributed by atoms with van der Waals surface area (Å²) in [5, 5.41) is 11.5. The third kappa shape index (κ3) is 7.40. The van der Waals surface area contributed by atoms with Crippen molar-refractivity contribution in [3.05, 3.63) is 59.2 Å². The molecule has 0 saturated carbocycles. The number of morpholine rings is 1. The Bertz CT molecular complexity index is 1220. The van der Waals surface area contributed by atoms with Crippen LogP contribution in [0.2, 0.25) is 0 Å².